The van der Waals surface area contributed by atoms with Crippen LogP contribution >= 0.6 is 15.9 Å². The molecule has 1 unspecified atom stereocenters. The first-order chi connectivity index (χ1) is 8.36. The van der Waals surface area contributed by atoms with Crippen LogP contribution in [0.4, 0.5) is 10.1 Å². The molecule has 18 heavy (non-hydrogen) atoms. The fraction of sp³-hybridized carbons (Fsp3) is 0.182. The molecule has 0 aliphatic rings. The monoisotopic (exact) mass is 316 g/mol. The van der Waals surface area contributed by atoms with Crippen molar-refractivity contribution in [2.45, 2.75) is 13.0 Å². The Hall–Kier alpha value is -1.76. The van der Waals surface area contributed by atoms with E-state index < -0.39 is 22.3 Å². The molecule has 0 saturated carbocycles. The second-order valence-electron chi connectivity index (χ2n) is 3.54. The van der Waals surface area contributed by atoms with Crippen LogP contribution in [0.5, 0.6) is 0 Å². The topological polar surface area (TPSA) is 72.2 Å². The molecule has 1 N–H and O–H groups in total. The van der Waals surface area contributed by atoms with E-state index >= 15 is 0 Å². The molecule has 1 rings (SSSR count). The molecule has 0 aliphatic carbocycles. The van der Waals surface area contributed by atoms with Crippen molar-refractivity contribution >= 4 is 27.5 Å². The van der Waals surface area contributed by atoms with E-state index in [1.165, 1.54) is 6.08 Å². The summed E-state index contributed by atoms with van der Waals surface area (Å²) in [7, 11) is 0. The van der Waals surface area contributed by atoms with Gasteiger partial charge in [-0.2, -0.15) is 0 Å². The quantitative estimate of drug-likeness (QED) is 0.527. The van der Waals surface area contributed by atoms with Gasteiger partial charge < -0.3 is 5.32 Å². The van der Waals surface area contributed by atoms with Gasteiger partial charge in [0, 0.05) is 12.1 Å². The number of hydrogen-bond acceptors (Lipinski definition) is 3. The highest BCUT2D eigenvalue weighted by Gasteiger charge is 2.23. The summed E-state index contributed by atoms with van der Waals surface area (Å²) in [6.07, 6.45) is 1.46. The van der Waals surface area contributed by atoms with Crippen molar-refractivity contribution < 1.29 is 14.1 Å². The normalized spacial score (nSPS) is 11.7. The molecule has 0 aliphatic heterocycles. The van der Waals surface area contributed by atoms with E-state index in [0.717, 1.165) is 12.1 Å². The van der Waals surface area contributed by atoms with Crippen LogP contribution in [0.3, 0.4) is 0 Å². The average molecular weight is 317 g/mol. The van der Waals surface area contributed by atoms with Gasteiger partial charge in [0.15, 0.2) is 0 Å². The number of rotatable bonds is 4. The lowest BCUT2D eigenvalue weighted by molar-refractivity contribution is -0.385. The molecule has 1 atom stereocenters. The molecule has 1 amide bonds. The highest BCUT2D eigenvalue weighted by molar-refractivity contribution is 9.10. The maximum absolute atomic E-state index is 13.3. The van der Waals surface area contributed by atoms with Gasteiger partial charge in [0.1, 0.15) is 11.4 Å². The van der Waals surface area contributed by atoms with Crippen molar-refractivity contribution in [3.8, 4) is 0 Å². The number of carbonyl (C=O) groups excluding carboxylic acids is 1. The molecule has 1 aromatic rings. The van der Waals surface area contributed by atoms with Crippen molar-refractivity contribution in [2.24, 2.45) is 0 Å². The second kappa shape index (κ2) is 5.72. The Morgan fingerprint density at radius 1 is 1.67 bits per heavy atom. The van der Waals surface area contributed by atoms with E-state index in [9.17, 15) is 19.3 Å². The summed E-state index contributed by atoms with van der Waals surface area (Å²) < 4.78 is 13.3. The molecule has 7 heteroatoms. The predicted octanol–water partition coefficient (Wildman–Crippen LogP) is 2.80. The molecule has 5 nitrogen and oxygen atoms in total. The lowest BCUT2D eigenvalue weighted by atomic mass is 10.1. The first-order valence-electron chi connectivity index (χ1n) is 4.93. The summed E-state index contributed by atoms with van der Waals surface area (Å²) in [4.78, 5) is 21.8. The molecule has 0 heterocycles. The van der Waals surface area contributed by atoms with E-state index in [1.807, 2.05) is 0 Å². The maximum Gasteiger partial charge on any atom is 0.283 e. The molecule has 0 saturated heterocycles. The number of nitrogens with zero attached hydrogens (tertiary/aromatic N) is 1. The molecule has 0 bridgehead atoms. The number of nitro groups is 1. The van der Waals surface area contributed by atoms with Crippen LogP contribution in [0, 0.1) is 15.9 Å². The third-order valence-corrected chi connectivity index (χ3v) is 2.80. The fourth-order valence-electron chi connectivity index (χ4n) is 1.21. The number of nitro benzene ring substituents is 1. The third-order valence-electron chi connectivity index (χ3n) is 2.19. The van der Waals surface area contributed by atoms with E-state index in [4.69, 9.17) is 0 Å². The minimum Gasteiger partial charge on any atom is -0.346 e. The lowest BCUT2D eigenvalue weighted by Gasteiger charge is -2.09. The molecule has 0 spiro atoms. The standard InChI is InChI=1S/C11H10BrFN2O3/c1-3-6(2)14-11(16)7-4-9(13)8(12)5-10(7)15(17)18/h3-6H,1H2,2H3,(H,14,16). The highest BCUT2D eigenvalue weighted by atomic mass is 79.9. The molecule has 96 valence electrons. The molecular formula is C11H10BrFN2O3. The van der Waals surface area contributed by atoms with Gasteiger partial charge in [-0.3, -0.25) is 14.9 Å². The van der Waals surface area contributed by atoms with Gasteiger partial charge in [-0.05, 0) is 28.9 Å². The molecule has 0 radical (unpaired) electrons. The van der Waals surface area contributed by atoms with Gasteiger partial charge in [-0.15, -0.1) is 6.58 Å². The second-order valence-corrected chi connectivity index (χ2v) is 4.39. The van der Waals surface area contributed by atoms with Gasteiger partial charge in [-0.25, -0.2) is 4.39 Å². The minimum atomic E-state index is -0.739. The minimum absolute atomic E-state index is 0.0671. The van der Waals surface area contributed by atoms with Crippen LogP contribution < -0.4 is 5.32 Å². The number of nitrogens with one attached hydrogen (secondary N) is 1. The number of hydrogen-bond donors (Lipinski definition) is 1. The highest BCUT2D eigenvalue weighted by Crippen LogP contribution is 2.26. The van der Waals surface area contributed by atoms with E-state index in [1.54, 1.807) is 6.92 Å². The van der Waals surface area contributed by atoms with Crippen LogP contribution in [-0.4, -0.2) is 16.9 Å². The Bertz CT molecular complexity index is 519. The first-order valence-corrected chi connectivity index (χ1v) is 5.73. The van der Waals surface area contributed by atoms with Crippen molar-refractivity contribution in [1.82, 2.24) is 5.32 Å². The Kier molecular flexibility index (Phi) is 4.55. The van der Waals surface area contributed by atoms with Crippen molar-refractivity contribution in [1.29, 1.82) is 0 Å². The summed E-state index contributed by atoms with van der Waals surface area (Å²) in [5.74, 6) is -1.46. The smallest absolute Gasteiger partial charge is 0.283 e. The van der Waals surface area contributed by atoms with E-state index in [-0.39, 0.29) is 16.1 Å². The predicted molar refractivity (Wildman–Crippen MR) is 67.9 cm³/mol. The molecule has 1 aromatic carbocycles. The number of carbonyl (C=O) groups is 1. The summed E-state index contributed by atoms with van der Waals surface area (Å²) in [6, 6.07) is 1.42. The van der Waals surface area contributed by atoms with Crippen LogP contribution in [0.1, 0.15) is 17.3 Å². The van der Waals surface area contributed by atoms with E-state index in [0.29, 0.717) is 0 Å². The van der Waals surface area contributed by atoms with Gasteiger partial charge in [0.05, 0.1) is 9.40 Å². The van der Waals surface area contributed by atoms with Crippen molar-refractivity contribution in [3.63, 3.8) is 0 Å². The van der Waals surface area contributed by atoms with E-state index in [2.05, 4.69) is 27.8 Å². The number of halogens is 2. The Morgan fingerprint density at radius 2 is 2.28 bits per heavy atom. The number of amides is 1. The van der Waals surface area contributed by atoms with Crippen LogP contribution in [0.2, 0.25) is 0 Å². The third kappa shape index (κ3) is 3.13. The molecule has 0 fully saturated rings. The first kappa shape index (κ1) is 14.3. The van der Waals surface area contributed by atoms with Gasteiger partial charge in [0.25, 0.3) is 11.6 Å². The lowest BCUT2D eigenvalue weighted by Crippen LogP contribution is -2.31. The zero-order valence-corrected chi connectivity index (χ0v) is 11.0. The fourth-order valence-corrected chi connectivity index (χ4v) is 1.54. The van der Waals surface area contributed by atoms with Crippen LogP contribution in [0.15, 0.2) is 29.3 Å². The van der Waals surface area contributed by atoms with Gasteiger partial charge in [0.2, 0.25) is 0 Å². The number of benzene rings is 1. The van der Waals surface area contributed by atoms with Gasteiger partial charge in [-0.1, -0.05) is 6.08 Å². The maximum atomic E-state index is 13.3. The van der Waals surface area contributed by atoms with Gasteiger partial charge >= 0.3 is 0 Å². The SMILES string of the molecule is C=CC(C)NC(=O)c1cc(F)c(Br)cc1[N+](=O)[O-]. The zero-order valence-electron chi connectivity index (χ0n) is 9.44. The summed E-state index contributed by atoms with van der Waals surface area (Å²) >= 11 is 2.83. The zero-order chi connectivity index (χ0) is 13.9. The Morgan fingerprint density at radius 3 is 2.78 bits per heavy atom. The summed E-state index contributed by atoms with van der Waals surface area (Å²) in [6.45, 7) is 5.11. The summed E-state index contributed by atoms with van der Waals surface area (Å²) in [5, 5.41) is 13.3. The molecular weight excluding hydrogens is 307 g/mol. The van der Waals surface area contributed by atoms with Crippen molar-refractivity contribution in [2.75, 3.05) is 0 Å². The van der Waals surface area contributed by atoms with Crippen LogP contribution in [0.25, 0.3) is 0 Å². The largest absolute Gasteiger partial charge is 0.346 e. The average Bonchev–Trinajstić information content (AvgIpc) is 2.31. The summed E-state index contributed by atoms with van der Waals surface area (Å²) in [5.41, 5.74) is -0.786. The Balaban J connectivity index is 3.21. The molecule has 0 aromatic heterocycles. The van der Waals surface area contributed by atoms with Crippen LogP contribution in [-0.2, 0) is 0 Å². The van der Waals surface area contributed by atoms with Crippen molar-refractivity contribution in [3.05, 3.63) is 50.8 Å². The Labute approximate surface area is 111 Å².